The van der Waals surface area contributed by atoms with Gasteiger partial charge in [0.05, 0.1) is 14.2 Å². The summed E-state index contributed by atoms with van der Waals surface area (Å²) in [6.07, 6.45) is 1.72. The van der Waals surface area contributed by atoms with E-state index in [0.29, 0.717) is 12.4 Å². The van der Waals surface area contributed by atoms with Crippen molar-refractivity contribution in [3.05, 3.63) is 53.7 Å². The SMILES string of the molecule is COc1ccccc1CNCc1cccnc1OC. The van der Waals surface area contributed by atoms with Gasteiger partial charge in [0.15, 0.2) is 0 Å². The lowest BCUT2D eigenvalue weighted by molar-refractivity contribution is 0.390. The Labute approximate surface area is 113 Å². The Morgan fingerprint density at radius 2 is 1.68 bits per heavy atom. The first-order chi connectivity index (χ1) is 9.35. The number of methoxy groups -OCH3 is 2. The average Bonchev–Trinajstić information content (AvgIpc) is 2.48. The molecule has 100 valence electrons. The summed E-state index contributed by atoms with van der Waals surface area (Å²) in [5, 5.41) is 3.37. The number of pyridine rings is 1. The Bertz CT molecular complexity index is 482. The van der Waals surface area contributed by atoms with Crippen LogP contribution in [0.3, 0.4) is 0 Å². The molecule has 2 aromatic rings. The van der Waals surface area contributed by atoms with Gasteiger partial charge in [-0.05, 0) is 12.1 Å². The zero-order chi connectivity index (χ0) is 13.5. The summed E-state index contributed by atoms with van der Waals surface area (Å²) in [6.45, 7) is 1.44. The molecular weight excluding hydrogens is 240 g/mol. The van der Waals surface area contributed by atoms with Crippen molar-refractivity contribution in [1.82, 2.24) is 10.3 Å². The summed E-state index contributed by atoms with van der Waals surface area (Å²) in [7, 11) is 3.31. The van der Waals surface area contributed by atoms with Gasteiger partial charge in [-0.2, -0.15) is 0 Å². The highest BCUT2D eigenvalue weighted by Crippen LogP contribution is 2.18. The molecule has 0 amide bonds. The number of ether oxygens (including phenoxy) is 2. The molecule has 19 heavy (non-hydrogen) atoms. The van der Waals surface area contributed by atoms with Gasteiger partial charge < -0.3 is 14.8 Å². The maximum Gasteiger partial charge on any atom is 0.217 e. The van der Waals surface area contributed by atoms with Gasteiger partial charge in [-0.25, -0.2) is 4.98 Å². The van der Waals surface area contributed by atoms with Crippen LogP contribution in [-0.4, -0.2) is 19.2 Å². The van der Waals surface area contributed by atoms with Gasteiger partial charge in [0.2, 0.25) is 5.88 Å². The molecule has 1 heterocycles. The van der Waals surface area contributed by atoms with Crippen molar-refractivity contribution in [3.63, 3.8) is 0 Å². The third kappa shape index (κ3) is 3.45. The molecule has 0 spiro atoms. The summed E-state index contributed by atoms with van der Waals surface area (Å²) < 4.78 is 10.5. The molecule has 1 aromatic heterocycles. The maximum absolute atomic E-state index is 5.32. The summed E-state index contributed by atoms with van der Waals surface area (Å²) in [6, 6.07) is 11.9. The number of rotatable bonds is 6. The van der Waals surface area contributed by atoms with Crippen molar-refractivity contribution in [1.29, 1.82) is 0 Å². The fraction of sp³-hybridized carbons (Fsp3) is 0.267. The molecule has 0 aliphatic rings. The molecule has 0 atom stereocenters. The van der Waals surface area contributed by atoms with Gasteiger partial charge in [-0.3, -0.25) is 0 Å². The van der Waals surface area contributed by atoms with E-state index in [-0.39, 0.29) is 0 Å². The van der Waals surface area contributed by atoms with E-state index in [1.54, 1.807) is 20.4 Å². The van der Waals surface area contributed by atoms with Gasteiger partial charge >= 0.3 is 0 Å². The second-order valence-electron chi connectivity index (χ2n) is 4.09. The monoisotopic (exact) mass is 258 g/mol. The topological polar surface area (TPSA) is 43.4 Å². The van der Waals surface area contributed by atoms with E-state index in [2.05, 4.69) is 10.3 Å². The van der Waals surface area contributed by atoms with Crippen LogP contribution in [-0.2, 0) is 13.1 Å². The number of aromatic nitrogens is 1. The van der Waals surface area contributed by atoms with Gasteiger partial charge in [0.25, 0.3) is 0 Å². The van der Waals surface area contributed by atoms with Gasteiger partial charge in [-0.1, -0.05) is 24.3 Å². The lowest BCUT2D eigenvalue weighted by Gasteiger charge is -2.10. The van der Waals surface area contributed by atoms with Gasteiger partial charge in [0.1, 0.15) is 5.75 Å². The maximum atomic E-state index is 5.32. The van der Waals surface area contributed by atoms with Crippen LogP contribution in [0.15, 0.2) is 42.6 Å². The minimum atomic E-state index is 0.662. The molecule has 4 nitrogen and oxygen atoms in total. The Kier molecular flexibility index (Phi) is 4.75. The van der Waals surface area contributed by atoms with E-state index in [0.717, 1.165) is 23.4 Å². The van der Waals surface area contributed by atoms with Crippen LogP contribution in [0.2, 0.25) is 0 Å². The molecule has 1 N–H and O–H groups in total. The minimum Gasteiger partial charge on any atom is -0.496 e. The first-order valence-corrected chi connectivity index (χ1v) is 6.15. The Morgan fingerprint density at radius 1 is 0.947 bits per heavy atom. The summed E-state index contributed by atoms with van der Waals surface area (Å²) in [5.41, 5.74) is 2.17. The fourth-order valence-corrected chi connectivity index (χ4v) is 1.92. The zero-order valence-electron chi connectivity index (χ0n) is 11.2. The smallest absolute Gasteiger partial charge is 0.217 e. The van der Waals surface area contributed by atoms with E-state index in [1.807, 2.05) is 36.4 Å². The first kappa shape index (κ1) is 13.4. The van der Waals surface area contributed by atoms with E-state index < -0.39 is 0 Å². The lowest BCUT2D eigenvalue weighted by Crippen LogP contribution is -2.14. The highest BCUT2D eigenvalue weighted by molar-refractivity contribution is 5.33. The van der Waals surface area contributed by atoms with E-state index in [4.69, 9.17) is 9.47 Å². The highest BCUT2D eigenvalue weighted by atomic mass is 16.5. The third-order valence-electron chi connectivity index (χ3n) is 2.87. The second kappa shape index (κ2) is 6.75. The largest absolute Gasteiger partial charge is 0.496 e. The predicted molar refractivity (Wildman–Crippen MR) is 74.3 cm³/mol. The summed E-state index contributed by atoms with van der Waals surface area (Å²) >= 11 is 0. The normalized spacial score (nSPS) is 10.2. The van der Waals surface area contributed by atoms with Crippen LogP contribution in [0, 0.1) is 0 Å². The van der Waals surface area contributed by atoms with Crippen molar-refractivity contribution in [2.45, 2.75) is 13.1 Å². The van der Waals surface area contributed by atoms with E-state index in [1.165, 1.54) is 0 Å². The van der Waals surface area contributed by atoms with Crippen molar-refractivity contribution < 1.29 is 9.47 Å². The summed E-state index contributed by atoms with van der Waals surface area (Å²) in [4.78, 5) is 4.17. The van der Waals surface area contributed by atoms with Crippen LogP contribution in [0.25, 0.3) is 0 Å². The number of hydrogen-bond donors (Lipinski definition) is 1. The molecule has 0 saturated carbocycles. The Hall–Kier alpha value is -2.07. The van der Waals surface area contributed by atoms with Crippen LogP contribution < -0.4 is 14.8 Å². The Morgan fingerprint density at radius 3 is 2.47 bits per heavy atom. The molecule has 0 aliphatic carbocycles. The van der Waals surface area contributed by atoms with Crippen molar-refractivity contribution in [2.24, 2.45) is 0 Å². The van der Waals surface area contributed by atoms with Gasteiger partial charge in [0, 0.05) is 30.4 Å². The standard InChI is InChI=1S/C15H18N2O2/c1-18-14-8-4-3-6-12(14)10-16-11-13-7-5-9-17-15(13)19-2/h3-9,16H,10-11H2,1-2H3. The molecule has 0 unspecified atom stereocenters. The first-order valence-electron chi connectivity index (χ1n) is 6.15. The average molecular weight is 258 g/mol. The van der Waals surface area contributed by atoms with Crippen LogP contribution in [0.4, 0.5) is 0 Å². The molecule has 2 rings (SSSR count). The number of nitrogens with one attached hydrogen (secondary N) is 1. The van der Waals surface area contributed by atoms with E-state index in [9.17, 15) is 0 Å². The molecule has 1 aromatic carbocycles. The number of hydrogen-bond acceptors (Lipinski definition) is 4. The minimum absolute atomic E-state index is 0.662. The van der Waals surface area contributed by atoms with Crippen LogP contribution in [0.1, 0.15) is 11.1 Å². The molecule has 4 heteroatoms. The van der Waals surface area contributed by atoms with Crippen molar-refractivity contribution in [2.75, 3.05) is 14.2 Å². The van der Waals surface area contributed by atoms with E-state index >= 15 is 0 Å². The van der Waals surface area contributed by atoms with Gasteiger partial charge in [-0.15, -0.1) is 0 Å². The Balaban J connectivity index is 1.96. The number of nitrogens with zero attached hydrogens (tertiary/aromatic N) is 1. The quantitative estimate of drug-likeness (QED) is 0.864. The number of para-hydroxylation sites is 1. The molecule has 0 aliphatic heterocycles. The molecule has 0 radical (unpaired) electrons. The fourth-order valence-electron chi connectivity index (χ4n) is 1.92. The molecular formula is C15H18N2O2. The zero-order valence-corrected chi connectivity index (χ0v) is 11.2. The van der Waals surface area contributed by atoms with Crippen molar-refractivity contribution >= 4 is 0 Å². The summed E-state index contributed by atoms with van der Waals surface area (Å²) in [5.74, 6) is 1.56. The third-order valence-corrected chi connectivity index (χ3v) is 2.87. The lowest BCUT2D eigenvalue weighted by atomic mass is 10.2. The highest BCUT2D eigenvalue weighted by Gasteiger charge is 2.04. The van der Waals surface area contributed by atoms with Crippen LogP contribution >= 0.6 is 0 Å². The molecule has 0 bridgehead atoms. The number of benzene rings is 1. The molecule has 0 saturated heterocycles. The van der Waals surface area contributed by atoms with Crippen LogP contribution in [0.5, 0.6) is 11.6 Å². The molecule has 0 fully saturated rings. The predicted octanol–water partition coefficient (Wildman–Crippen LogP) is 2.39. The van der Waals surface area contributed by atoms with Crippen molar-refractivity contribution in [3.8, 4) is 11.6 Å². The second-order valence-corrected chi connectivity index (χ2v) is 4.09.